The van der Waals surface area contributed by atoms with Gasteiger partial charge >= 0.3 is 0 Å². The molecular formula is C26H24FN7O3. The maximum atomic E-state index is 15.0. The number of fused-ring (bicyclic) bond motifs is 2. The van der Waals surface area contributed by atoms with E-state index < -0.39 is 11.4 Å². The number of anilines is 1. The molecule has 0 amide bonds. The number of hydrogen-bond donors (Lipinski definition) is 1. The Morgan fingerprint density at radius 2 is 2.03 bits per heavy atom. The minimum atomic E-state index is -0.789. The van der Waals surface area contributed by atoms with Gasteiger partial charge in [0.1, 0.15) is 22.6 Å². The highest BCUT2D eigenvalue weighted by atomic mass is 19.1. The van der Waals surface area contributed by atoms with Crippen molar-refractivity contribution in [1.29, 1.82) is 5.26 Å². The number of H-pyrrole nitrogens is 1. The first-order valence-electron chi connectivity index (χ1n) is 12.0. The highest BCUT2D eigenvalue weighted by Crippen LogP contribution is 2.30. The SMILES string of the molecule is COc1cc(C#N)cc(F)c1-n1nc2c(-c3ccc(N4CCN5CCOC[C@@H]5C4)cc3)n[nH]c2cc1=O. The van der Waals surface area contributed by atoms with Gasteiger partial charge in [-0.1, -0.05) is 12.1 Å². The number of aromatic amines is 1. The van der Waals surface area contributed by atoms with Gasteiger partial charge in [-0.15, -0.1) is 0 Å². The molecule has 0 unspecified atom stereocenters. The van der Waals surface area contributed by atoms with Crippen molar-refractivity contribution in [3.8, 4) is 28.8 Å². The number of methoxy groups -OCH3 is 1. The molecule has 2 aliphatic heterocycles. The van der Waals surface area contributed by atoms with Crippen LogP contribution in [0, 0.1) is 17.1 Å². The van der Waals surface area contributed by atoms with Crippen LogP contribution in [0.1, 0.15) is 5.56 Å². The highest BCUT2D eigenvalue weighted by Gasteiger charge is 2.29. The van der Waals surface area contributed by atoms with Gasteiger partial charge in [0.25, 0.3) is 5.56 Å². The summed E-state index contributed by atoms with van der Waals surface area (Å²) in [5.41, 5.74) is 2.64. The van der Waals surface area contributed by atoms with Crippen LogP contribution in [0.25, 0.3) is 28.0 Å². The molecule has 2 saturated heterocycles. The van der Waals surface area contributed by atoms with E-state index in [0.29, 0.717) is 22.8 Å². The van der Waals surface area contributed by atoms with Gasteiger partial charge in [-0.3, -0.25) is 14.8 Å². The molecule has 1 N–H and O–H groups in total. The van der Waals surface area contributed by atoms with Crippen molar-refractivity contribution in [3.05, 3.63) is 64.2 Å². The number of nitrogens with one attached hydrogen (secondary N) is 1. The average Bonchev–Trinajstić information content (AvgIpc) is 3.34. The van der Waals surface area contributed by atoms with Gasteiger partial charge in [0.2, 0.25) is 0 Å². The van der Waals surface area contributed by atoms with Gasteiger partial charge < -0.3 is 14.4 Å². The summed E-state index contributed by atoms with van der Waals surface area (Å²) in [6.07, 6.45) is 0. The summed E-state index contributed by atoms with van der Waals surface area (Å²) in [7, 11) is 1.34. The monoisotopic (exact) mass is 501 g/mol. The molecule has 2 aromatic carbocycles. The topological polar surface area (TPSA) is 112 Å². The molecule has 0 aliphatic carbocycles. The van der Waals surface area contributed by atoms with Crippen molar-refractivity contribution in [2.75, 3.05) is 51.4 Å². The van der Waals surface area contributed by atoms with E-state index in [2.05, 4.69) is 37.2 Å². The third kappa shape index (κ3) is 4.10. The Kier molecular flexibility index (Phi) is 5.82. The lowest BCUT2D eigenvalue weighted by Crippen LogP contribution is -2.58. The Hall–Kier alpha value is -4.27. The number of morpholine rings is 1. The Morgan fingerprint density at radius 3 is 2.81 bits per heavy atom. The smallest absolute Gasteiger partial charge is 0.273 e. The fraction of sp³-hybridized carbons (Fsp3) is 0.308. The first kappa shape index (κ1) is 23.1. The Morgan fingerprint density at radius 1 is 1.19 bits per heavy atom. The lowest BCUT2D eigenvalue weighted by atomic mass is 10.1. The average molecular weight is 502 g/mol. The Balaban J connectivity index is 1.35. The van der Waals surface area contributed by atoms with Crippen LogP contribution < -0.4 is 15.2 Å². The van der Waals surface area contributed by atoms with E-state index in [1.165, 1.54) is 19.2 Å². The second-order valence-corrected chi connectivity index (χ2v) is 9.11. The number of nitrogens with zero attached hydrogens (tertiary/aromatic N) is 6. The van der Waals surface area contributed by atoms with Crippen molar-refractivity contribution < 1.29 is 13.9 Å². The van der Waals surface area contributed by atoms with Crippen molar-refractivity contribution in [2.24, 2.45) is 0 Å². The normalized spacial score (nSPS) is 18.0. The van der Waals surface area contributed by atoms with E-state index in [-0.39, 0.29) is 17.0 Å². The quantitative estimate of drug-likeness (QED) is 0.454. The first-order chi connectivity index (χ1) is 18.1. The summed E-state index contributed by atoms with van der Waals surface area (Å²) in [5, 5.41) is 20.8. The Labute approximate surface area is 211 Å². The molecule has 2 fully saturated rings. The summed E-state index contributed by atoms with van der Waals surface area (Å²) in [6.45, 7) is 5.42. The molecule has 2 aliphatic rings. The molecule has 4 heterocycles. The van der Waals surface area contributed by atoms with Gasteiger partial charge in [-0.2, -0.15) is 20.1 Å². The number of halogens is 1. The zero-order valence-electron chi connectivity index (χ0n) is 20.1. The summed E-state index contributed by atoms with van der Waals surface area (Å²) in [5.74, 6) is -0.758. The van der Waals surface area contributed by atoms with Crippen LogP contribution in [0.5, 0.6) is 5.75 Å². The lowest BCUT2D eigenvalue weighted by molar-refractivity contribution is -0.0116. The highest BCUT2D eigenvalue weighted by molar-refractivity contribution is 5.89. The zero-order chi connectivity index (χ0) is 25.5. The van der Waals surface area contributed by atoms with Crippen LogP contribution in [-0.4, -0.2) is 77.4 Å². The van der Waals surface area contributed by atoms with Gasteiger partial charge in [0.05, 0.1) is 43.5 Å². The van der Waals surface area contributed by atoms with E-state index in [9.17, 15) is 9.18 Å². The van der Waals surface area contributed by atoms with Crippen LogP contribution >= 0.6 is 0 Å². The number of nitriles is 1. The van der Waals surface area contributed by atoms with E-state index in [1.54, 1.807) is 0 Å². The number of rotatable bonds is 4. The molecule has 1 atom stereocenters. The predicted octanol–water partition coefficient (Wildman–Crippen LogP) is 2.32. The van der Waals surface area contributed by atoms with Gasteiger partial charge in [-0.05, 0) is 18.2 Å². The fourth-order valence-electron chi connectivity index (χ4n) is 5.06. The minimum Gasteiger partial charge on any atom is -0.494 e. The molecule has 0 spiro atoms. The molecular weight excluding hydrogens is 477 g/mol. The third-order valence-electron chi connectivity index (χ3n) is 6.98. The number of ether oxygens (including phenoxy) is 2. The van der Waals surface area contributed by atoms with E-state index in [4.69, 9.17) is 14.7 Å². The summed E-state index contributed by atoms with van der Waals surface area (Å²) in [6, 6.07) is 14.0. The molecule has 0 saturated carbocycles. The second-order valence-electron chi connectivity index (χ2n) is 9.11. The van der Waals surface area contributed by atoms with Gasteiger partial charge in [0, 0.05) is 49.6 Å². The molecule has 37 heavy (non-hydrogen) atoms. The van der Waals surface area contributed by atoms with Crippen molar-refractivity contribution >= 4 is 16.7 Å². The zero-order valence-corrected chi connectivity index (χ0v) is 20.1. The minimum absolute atomic E-state index is 0.0309. The third-order valence-corrected chi connectivity index (χ3v) is 6.98. The molecule has 0 bridgehead atoms. The van der Waals surface area contributed by atoms with Crippen LogP contribution in [0.2, 0.25) is 0 Å². The summed E-state index contributed by atoms with van der Waals surface area (Å²) in [4.78, 5) is 17.7. The van der Waals surface area contributed by atoms with Crippen LogP contribution in [0.4, 0.5) is 10.1 Å². The van der Waals surface area contributed by atoms with Crippen LogP contribution in [-0.2, 0) is 4.74 Å². The van der Waals surface area contributed by atoms with Crippen LogP contribution in [0.3, 0.4) is 0 Å². The summed E-state index contributed by atoms with van der Waals surface area (Å²) >= 11 is 0. The van der Waals surface area contributed by atoms with E-state index in [1.807, 2.05) is 18.2 Å². The van der Waals surface area contributed by atoms with Crippen molar-refractivity contribution in [2.45, 2.75) is 6.04 Å². The Bertz CT molecular complexity index is 1570. The van der Waals surface area contributed by atoms with Gasteiger partial charge in [0.15, 0.2) is 5.82 Å². The standard InChI is InChI=1S/C26H24FN7O3/c1-36-22-11-16(13-28)10-20(27)26(22)34-23(35)12-21-25(31-34)24(30-29-21)17-2-4-18(5-3-17)33-7-6-32-8-9-37-15-19(32)14-33/h2-5,10-12,19,29H,6-9,14-15H2,1H3/t19-/m0/s1. The molecule has 6 rings (SSSR count). The fourth-order valence-corrected chi connectivity index (χ4v) is 5.06. The first-order valence-corrected chi connectivity index (χ1v) is 12.0. The molecule has 10 nitrogen and oxygen atoms in total. The number of aromatic nitrogens is 4. The lowest BCUT2D eigenvalue weighted by Gasteiger charge is -2.44. The molecule has 4 aromatic rings. The number of piperazine rings is 1. The largest absolute Gasteiger partial charge is 0.494 e. The van der Waals surface area contributed by atoms with Crippen molar-refractivity contribution in [3.63, 3.8) is 0 Å². The molecule has 11 heteroatoms. The number of hydrogen-bond acceptors (Lipinski definition) is 8. The van der Waals surface area contributed by atoms with Gasteiger partial charge in [-0.25, -0.2) is 4.39 Å². The maximum Gasteiger partial charge on any atom is 0.273 e. The molecule has 2 aromatic heterocycles. The summed E-state index contributed by atoms with van der Waals surface area (Å²) < 4.78 is 26.8. The molecule has 188 valence electrons. The number of benzene rings is 2. The molecule has 0 radical (unpaired) electrons. The van der Waals surface area contributed by atoms with E-state index in [0.717, 1.165) is 61.4 Å². The van der Waals surface area contributed by atoms with Crippen molar-refractivity contribution in [1.82, 2.24) is 24.9 Å². The second kappa shape index (κ2) is 9.31. The van der Waals surface area contributed by atoms with E-state index >= 15 is 0 Å². The van der Waals surface area contributed by atoms with Crippen LogP contribution in [0.15, 0.2) is 47.3 Å². The maximum absolute atomic E-state index is 15.0. The predicted molar refractivity (Wildman–Crippen MR) is 135 cm³/mol.